The third-order valence-corrected chi connectivity index (χ3v) is 4.31. The fraction of sp³-hybridized carbons (Fsp3) is 0.750. The molecule has 0 unspecified atom stereocenters. The van der Waals surface area contributed by atoms with E-state index in [-0.39, 0.29) is 0 Å². The minimum atomic E-state index is 0.680. The molecule has 0 aromatic carbocycles. The predicted molar refractivity (Wildman–Crippen MR) is 93.5 cm³/mol. The number of hydrogen-bond acceptors (Lipinski definition) is 8. The Morgan fingerprint density at radius 3 is 2.08 bits per heavy atom. The molecule has 1 aromatic heterocycles. The molecular formula is C16H28N6O2. The van der Waals surface area contributed by atoms with E-state index in [1.165, 1.54) is 0 Å². The summed E-state index contributed by atoms with van der Waals surface area (Å²) in [6.45, 7) is 11.1. The first-order valence-electron chi connectivity index (χ1n) is 8.81. The van der Waals surface area contributed by atoms with E-state index in [0.29, 0.717) is 5.95 Å². The van der Waals surface area contributed by atoms with Crippen LogP contribution in [0.1, 0.15) is 0 Å². The Morgan fingerprint density at radius 2 is 1.46 bits per heavy atom. The molecule has 2 fully saturated rings. The van der Waals surface area contributed by atoms with Gasteiger partial charge in [0.2, 0.25) is 5.95 Å². The van der Waals surface area contributed by atoms with E-state index in [9.17, 15) is 0 Å². The number of ether oxygens (including phenoxy) is 2. The van der Waals surface area contributed by atoms with Crippen LogP contribution in [0.2, 0.25) is 0 Å². The largest absolute Gasteiger partial charge is 0.379 e. The Balaban J connectivity index is 1.35. The molecule has 0 saturated carbocycles. The lowest BCUT2D eigenvalue weighted by Gasteiger charge is -2.26. The van der Waals surface area contributed by atoms with Crippen molar-refractivity contribution in [3.63, 3.8) is 0 Å². The van der Waals surface area contributed by atoms with Crippen LogP contribution in [0.25, 0.3) is 0 Å². The minimum absolute atomic E-state index is 0.680. The second-order valence-corrected chi connectivity index (χ2v) is 6.03. The van der Waals surface area contributed by atoms with Crippen molar-refractivity contribution in [1.82, 2.24) is 19.8 Å². The van der Waals surface area contributed by atoms with Crippen molar-refractivity contribution in [2.45, 2.75) is 0 Å². The van der Waals surface area contributed by atoms with E-state index in [1.54, 1.807) is 6.20 Å². The molecule has 8 nitrogen and oxygen atoms in total. The Kier molecular flexibility index (Phi) is 7.03. The number of nitrogens with one attached hydrogen (secondary N) is 2. The summed E-state index contributed by atoms with van der Waals surface area (Å²) in [7, 11) is 0. The van der Waals surface area contributed by atoms with Crippen LogP contribution >= 0.6 is 0 Å². The summed E-state index contributed by atoms with van der Waals surface area (Å²) in [5.74, 6) is 1.55. The van der Waals surface area contributed by atoms with Crippen molar-refractivity contribution < 1.29 is 9.47 Å². The molecule has 2 N–H and O–H groups in total. The number of rotatable bonds is 8. The van der Waals surface area contributed by atoms with Gasteiger partial charge in [-0.1, -0.05) is 0 Å². The van der Waals surface area contributed by atoms with Gasteiger partial charge < -0.3 is 20.1 Å². The average molecular weight is 336 g/mol. The fourth-order valence-corrected chi connectivity index (χ4v) is 2.86. The highest BCUT2D eigenvalue weighted by atomic mass is 16.5. The monoisotopic (exact) mass is 336 g/mol. The summed E-state index contributed by atoms with van der Waals surface area (Å²) in [6.07, 6.45) is 1.79. The standard InChI is InChI=1S/C16H28N6O2/c1-2-18-16(19-4-6-22-9-13-24-14-10-22)20-15(1)17-3-5-21-7-11-23-12-8-21/h1-2H,3-14H2,(H2,17,18,19,20). The Labute approximate surface area is 143 Å². The first-order valence-corrected chi connectivity index (χ1v) is 8.81. The van der Waals surface area contributed by atoms with E-state index in [1.807, 2.05) is 6.07 Å². The van der Waals surface area contributed by atoms with E-state index in [4.69, 9.17) is 9.47 Å². The van der Waals surface area contributed by atoms with E-state index < -0.39 is 0 Å². The van der Waals surface area contributed by atoms with Crippen LogP contribution in [0.3, 0.4) is 0 Å². The van der Waals surface area contributed by atoms with E-state index >= 15 is 0 Å². The molecule has 0 atom stereocenters. The smallest absolute Gasteiger partial charge is 0.224 e. The van der Waals surface area contributed by atoms with Crippen LogP contribution in [0.4, 0.5) is 11.8 Å². The molecule has 1 aromatic rings. The van der Waals surface area contributed by atoms with E-state index in [2.05, 4.69) is 30.4 Å². The maximum absolute atomic E-state index is 5.36. The molecule has 0 bridgehead atoms. The second-order valence-electron chi connectivity index (χ2n) is 6.03. The number of anilines is 2. The van der Waals surface area contributed by atoms with Crippen LogP contribution in [0, 0.1) is 0 Å². The zero-order chi connectivity index (χ0) is 16.5. The van der Waals surface area contributed by atoms with Crippen molar-refractivity contribution >= 4 is 11.8 Å². The van der Waals surface area contributed by atoms with Crippen molar-refractivity contribution in [2.75, 3.05) is 89.4 Å². The molecule has 24 heavy (non-hydrogen) atoms. The summed E-state index contributed by atoms with van der Waals surface area (Å²) in [4.78, 5) is 13.6. The Hall–Kier alpha value is -1.48. The van der Waals surface area contributed by atoms with Gasteiger partial charge in [-0.3, -0.25) is 9.80 Å². The molecule has 2 aliphatic rings. The van der Waals surface area contributed by atoms with Gasteiger partial charge in [0.05, 0.1) is 26.4 Å². The van der Waals surface area contributed by atoms with Gasteiger partial charge in [0, 0.05) is 58.6 Å². The summed E-state index contributed by atoms with van der Waals surface area (Å²) in [5, 5.41) is 6.67. The zero-order valence-electron chi connectivity index (χ0n) is 14.2. The molecule has 2 saturated heterocycles. The maximum atomic E-state index is 5.36. The fourth-order valence-electron chi connectivity index (χ4n) is 2.86. The van der Waals surface area contributed by atoms with Gasteiger partial charge in [0.15, 0.2) is 0 Å². The molecule has 2 aliphatic heterocycles. The molecular weight excluding hydrogens is 308 g/mol. The van der Waals surface area contributed by atoms with Crippen LogP contribution in [-0.2, 0) is 9.47 Å². The van der Waals surface area contributed by atoms with Crippen molar-refractivity contribution in [2.24, 2.45) is 0 Å². The van der Waals surface area contributed by atoms with Gasteiger partial charge in [-0.15, -0.1) is 0 Å². The number of hydrogen-bond donors (Lipinski definition) is 2. The molecule has 0 amide bonds. The first kappa shape index (κ1) is 17.3. The number of nitrogens with zero attached hydrogens (tertiary/aromatic N) is 4. The van der Waals surface area contributed by atoms with Gasteiger partial charge in [0.25, 0.3) is 0 Å². The lowest BCUT2D eigenvalue weighted by molar-refractivity contribution is 0.0398. The van der Waals surface area contributed by atoms with Crippen molar-refractivity contribution in [1.29, 1.82) is 0 Å². The minimum Gasteiger partial charge on any atom is -0.379 e. The molecule has 3 rings (SSSR count). The molecule has 3 heterocycles. The molecule has 0 spiro atoms. The molecule has 8 heteroatoms. The molecule has 0 aliphatic carbocycles. The van der Waals surface area contributed by atoms with Gasteiger partial charge in [-0.25, -0.2) is 4.98 Å². The van der Waals surface area contributed by atoms with Gasteiger partial charge in [-0.2, -0.15) is 4.98 Å². The Morgan fingerprint density at radius 1 is 0.875 bits per heavy atom. The summed E-state index contributed by atoms with van der Waals surface area (Å²) < 4.78 is 10.7. The van der Waals surface area contributed by atoms with Crippen molar-refractivity contribution in [3.8, 4) is 0 Å². The highest BCUT2D eigenvalue weighted by Gasteiger charge is 2.10. The Bertz CT molecular complexity index is 438. The number of morpholine rings is 2. The van der Waals surface area contributed by atoms with Crippen LogP contribution < -0.4 is 10.6 Å². The molecule has 0 radical (unpaired) electrons. The number of aromatic nitrogens is 2. The zero-order valence-corrected chi connectivity index (χ0v) is 14.2. The highest BCUT2D eigenvalue weighted by Crippen LogP contribution is 2.06. The third-order valence-electron chi connectivity index (χ3n) is 4.31. The quantitative estimate of drug-likeness (QED) is 0.685. The second kappa shape index (κ2) is 9.73. The van der Waals surface area contributed by atoms with Gasteiger partial charge in [-0.05, 0) is 6.07 Å². The lowest BCUT2D eigenvalue weighted by Crippen LogP contribution is -2.39. The summed E-state index contributed by atoms with van der Waals surface area (Å²) in [5.41, 5.74) is 0. The van der Waals surface area contributed by atoms with Gasteiger partial charge >= 0.3 is 0 Å². The maximum Gasteiger partial charge on any atom is 0.224 e. The highest BCUT2D eigenvalue weighted by molar-refractivity contribution is 5.39. The summed E-state index contributed by atoms with van der Waals surface area (Å²) in [6, 6.07) is 1.91. The average Bonchev–Trinajstić information content (AvgIpc) is 2.64. The SMILES string of the molecule is c1cc(NCCN2CCOCC2)nc(NCCN2CCOCC2)n1. The topological polar surface area (TPSA) is 74.8 Å². The lowest BCUT2D eigenvalue weighted by atomic mass is 10.4. The summed E-state index contributed by atoms with van der Waals surface area (Å²) >= 11 is 0. The normalized spacial score (nSPS) is 20.0. The van der Waals surface area contributed by atoms with Crippen LogP contribution in [0.5, 0.6) is 0 Å². The van der Waals surface area contributed by atoms with Crippen LogP contribution in [-0.4, -0.2) is 98.6 Å². The molecule has 134 valence electrons. The third kappa shape index (κ3) is 5.86. The first-order chi connectivity index (χ1) is 11.9. The van der Waals surface area contributed by atoms with Crippen molar-refractivity contribution in [3.05, 3.63) is 12.3 Å². The van der Waals surface area contributed by atoms with E-state index in [0.717, 1.165) is 84.6 Å². The van der Waals surface area contributed by atoms with Crippen LogP contribution in [0.15, 0.2) is 12.3 Å². The predicted octanol–water partition coefficient (Wildman–Crippen LogP) is -0.0352. The van der Waals surface area contributed by atoms with Gasteiger partial charge in [0.1, 0.15) is 5.82 Å².